The number of nitrogen functional groups attached to an aromatic ring is 1. The first-order valence-corrected chi connectivity index (χ1v) is 7.32. The summed E-state index contributed by atoms with van der Waals surface area (Å²) in [6, 6.07) is 7.43. The lowest BCUT2D eigenvalue weighted by molar-refractivity contribution is -0.120. The van der Waals surface area contributed by atoms with Gasteiger partial charge in [-0.3, -0.25) is 4.79 Å². The molecule has 0 atom stereocenters. The van der Waals surface area contributed by atoms with Gasteiger partial charge in [-0.15, -0.1) is 0 Å². The van der Waals surface area contributed by atoms with Crippen molar-refractivity contribution in [3.63, 3.8) is 0 Å². The molecule has 0 saturated heterocycles. The number of aryl methyl sites for hydroxylation is 1. The Bertz CT molecular complexity index is 680. The van der Waals surface area contributed by atoms with E-state index >= 15 is 0 Å². The van der Waals surface area contributed by atoms with Gasteiger partial charge in [-0.1, -0.05) is 12.1 Å². The maximum Gasteiger partial charge on any atom is 0.333 e. The second kappa shape index (κ2) is 7.21. The van der Waals surface area contributed by atoms with E-state index in [9.17, 15) is 13.6 Å². The van der Waals surface area contributed by atoms with Crippen molar-refractivity contribution in [1.82, 2.24) is 15.1 Å². The third-order valence-corrected chi connectivity index (χ3v) is 3.71. The minimum absolute atomic E-state index is 0.0477. The van der Waals surface area contributed by atoms with Crippen LogP contribution in [0.3, 0.4) is 0 Å². The Labute approximate surface area is 133 Å². The van der Waals surface area contributed by atoms with Crippen LogP contribution in [0.15, 0.2) is 24.3 Å². The number of nitrogens with one attached hydrogen (secondary N) is 1. The number of halogens is 2. The summed E-state index contributed by atoms with van der Waals surface area (Å²) in [4.78, 5) is 12.0. The van der Waals surface area contributed by atoms with Gasteiger partial charge in [0.05, 0.1) is 12.1 Å². The van der Waals surface area contributed by atoms with E-state index in [1.54, 1.807) is 13.8 Å². The number of hydrogen-bond acceptors (Lipinski definition) is 3. The molecule has 5 nitrogen and oxygen atoms in total. The fourth-order valence-corrected chi connectivity index (χ4v) is 2.40. The molecule has 0 saturated carbocycles. The quantitative estimate of drug-likeness (QED) is 0.802. The summed E-state index contributed by atoms with van der Waals surface area (Å²) in [5.41, 5.74) is 8.70. The van der Waals surface area contributed by atoms with Crippen LogP contribution in [0.1, 0.15) is 29.1 Å². The molecule has 0 aliphatic carbocycles. The van der Waals surface area contributed by atoms with Crippen molar-refractivity contribution in [1.29, 1.82) is 0 Å². The number of carbonyl (C=O) groups excluding carboxylic acids is 1. The number of aromatic nitrogens is 2. The highest BCUT2D eigenvalue weighted by atomic mass is 19.3. The van der Waals surface area contributed by atoms with Gasteiger partial charge in [0.25, 0.3) is 0 Å². The third kappa shape index (κ3) is 4.28. The normalized spacial score (nSPS) is 11.0. The maximum absolute atomic E-state index is 12.8. The second-order valence-corrected chi connectivity index (χ2v) is 5.39. The van der Waals surface area contributed by atoms with Gasteiger partial charge >= 0.3 is 6.55 Å². The largest absolute Gasteiger partial charge is 0.399 e. The van der Waals surface area contributed by atoms with Crippen LogP contribution in [-0.2, 0) is 17.6 Å². The number of nitrogens with two attached hydrogens (primary N) is 1. The monoisotopic (exact) mass is 322 g/mol. The minimum Gasteiger partial charge on any atom is -0.399 e. The first-order chi connectivity index (χ1) is 10.9. The lowest BCUT2D eigenvalue weighted by Gasteiger charge is -2.07. The summed E-state index contributed by atoms with van der Waals surface area (Å²) in [5, 5.41) is 6.57. The molecule has 2 rings (SSSR count). The van der Waals surface area contributed by atoms with Crippen LogP contribution in [0.25, 0.3) is 0 Å². The van der Waals surface area contributed by atoms with E-state index in [0.717, 1.165) is 5.56 Å². The first kappa shape index (κ1) is 16.9. The zero-order valence-electron chi connectivity index (χ0n) is 13.1. The van der Waals surface area contributed by atoms with E-state index in [-0.39, 0.29) is 12.3 Å². The predicted molar refractivity (Wildman–Crippen MR) is 84.2 cm³/mol. The highest BCUT2D eigenvalue weighted by Crippen LogP contribution is 2.19. The summed E-state index contributed by atoms with van der Waals surface area (Å²) in [7, 11) is 0. The SMILES string of the molecule is Cc1nn(C(F)F)c(C)c1CC(=O)NCCc1ccc(N)cc1. The van der Waals surface area contributed by atoms with Gasteiger partial charge in [-0.2, -0.15) is 13.9 Å². The summed E-state index contributed by atoms with van der Waals surface area (Å²) in [6.07, 6.45) is 0.729. The Balaban J connectivity index is 1.89. The Hall–Kier alpha value is -2.44. The zero-order chi connectivity index (χ0) is 17.0. The molecule has 1 heterocycles. The molecule has 1 aromatic heterocycles. The van der Waals surface area contributed by atoms with E-state index in [2.05, 4.69) is 10.4 Å². The third-order valence-electron chi connectivity index (χ3n) is 3.71. The molecule has 7 heteroatoms. The molecule has 2 aromatic rings. The van der Waals surface area contributed by atoms with Crippen molar-refractivity contribution in [3.8, 4) is 0 Å². The van der Waals surface area contributed by atoms with E-state index in [4.69, 9.17) is 5.73 Å². The predicted octanol–water partition coefficient (Wildman–Crippen LogP) is 2.38. The van der Waals surface area contributed by atoms with Gasteiger partial charge < -0.3 is 11.1 Å². The molecule has 23 heavy (non-hydrogen) atoms. The van der Waals surface area contributed by atoms with Crippen molar-refractivity contribution in [2.24, 2.45) is 0 Å². The molecule has 0 fully saturated rings. The van der Waals surface area contributed by atoms with Crippen LogP contribution < -0.4 is 11.1 Å². The fraction of sp³-hybridized carbons (Fsp3) is 0.375. The summed E-state index contributed by atoms with van der Waals surface area (Å²) in [5.74, 6) is -0.208. The number of nitrogens with zero attached hydrogens (tertiary/aromatic N) is 2. The minimum atomic E-state index is -2.70. The van der Waals surface area contributed by atoms with Crippen molar-refractivity contribution < 1.29 is 13.6 Å². The molecule has 0 radical (unpaired) electrons. The fourth-order valence-electron chi connectivity index (χ4n) is 2.40. The number of alkyl halides is 2. The number of rotatable bonds is 6. The van der Waals surface area contributed by atoms with Crippen LogP contribution in [0.5, 0.6) is 0 Å². The highest BCUT2D eigenvalue weighted by Gasteiger charge is 2.18. The molecule has 0 aliphatic heterocycles. The Morgan fingerprint density at radius 3 is 2.52 bits per heavy atom. The molecular formula is C16H20F2N4O. The topological polar surface area (TPSA) is 72.9 Å². The van der Waals surface area contributed by atoms with Crippen LogP contribution >= 0.6 is 0 Å². The van der Waals surface area contributed by atoms with Gasteiger partial charge in [0.2, 0.25) is 5.91 Å². The maximum atomic E-state index is 12.8. The number of amides is 1. The summed E-state index contributed by atoms with van der Waals surface area (Å²) < 4.78 is 26.2. The van der Waals surface area contributed by atoms with E-state index in [1.807, 2.05) is 24.3 Å². The highest BCUT2D eigenvalue weighted by molar-refractivity contribution is 5.79. The smallest absolute Gasteiger partial charge is 0.333 e. The van der Waals surface area contributed by atoms with Gasteiger partial charge in [-0.05, 0) is 38.0 Å². The Morgan fingerprint density at radius 1 is 1.30 bits per heavy atom. The van der Waals surface area contributed by atoms with Crippen molar-refractivity contribution >= 4 is 11.6 Å². The van der Waals surface area contributed by atoms with Crippen molar-refractivity contribution in [2.45, 2.75) is 33.2 Å². The number of benzene rings is 1. The van der Waals surface area contributed by atoms with Crippen LogP contribution in [0.4, 0.5) is 14.5 Å². The lowest BCUT2D eigenvalue weighted by atomic mass is 10.1. The van der Waals surface area contributed by atoms with Gasteiger partial charge in [0.1, 0.15) is 0 Å². The number of anilines is 1. The average Bonchev–Trinajstić information content (AvgIpc) is 2.77. The van der Waals surface area contributed by atoms with E-state index < -0.39 is 6.55 Å². The van der Waals surface area contributed by atoms with Crippen LogP contribution in [-0.4, -0.2) is 22.2 Å². The van der Waals surface area contributed by atoms with E-state index in [1.165, 1.54) is 0 Å². The Morgan fingerprint density at radius 2 is 1.96 bits per heavy atom. The molecule has 1 amide bonds. The number of carbonyl (C=O) groups is 1. The van der Waals surface area contributed by atoms with Crippen molar-refractivity contribution in [2.75, 3.05) is 12.3 Å². The van der Waals surface area contributed by atoms with Gasteiger partial charge in [0.15, 0.2) is 0 Å². The molecule has 3 N–H and O–H groups in total. The average molecular weight is 322 g/mol. The number of hydrogen-bond donors (Lipinski definition) is 2. The second-order valence-electron chi connectivity index (χ2n) is 5.39. The lowest BCUT2D eigenvalue weighted by Crippen LogP contribution is -2.27. The molecule has 0 unspecified atom stereocenters. The zero-order valence-corrected chi connectivity index (χ0v) is 13.1. The molecule has 0 aliphatic rings. The van der Waals surface area contributed by atoms with Gasteiger partial charge in [0, 0.05) is 23.5 Å². The van der Waals surface area contributed by atoms with Crippen LogP contribution in [0, 0.1) is 13.8 Å². The first-order valence-electron chi connectivity index (χ1n) is 7.32. The van der Waals surface area contributed by atoms with E-state index in [0.29, 0.717) is 40.3 Å². The van der Waals surface area contributed by atoms with Crippen molar-refractivity contribution in [3.05, 3.63) is 46.8 Å². The molecule has 0 bridgehead atoms. The molecule has 0 spiro atoms. The Kier molecular flexibility index (Phi) is 5.31. The van der Waals surface area contributed by atoms with Gasteiger partial charge in [-0.25, -0.2) is 4.68 Å². The molecule has 1 aromatic carbocycles. The summed E-state index contributed by atoms with van der Waals surface area (Å²) in [6.45, 7) is 0.951. The standard InChI is InChI=1S/C16H20F2N4O/c1-10-14(11(2)22(21-10)16(17)18)9-15(23)20-8-7-12-3-5-13(19)6-4-12/h3-6,16H,7-9,19H2,1-2H3,(H,20,23). The van der Waals surface area contributed by atoms with Crippen LogP contribution in [0.2, 0.25) is 0 Å². The summed E-state index contributed by atoms with van der Waals surface area (Å²) >= 11 is 0. The molecular weight excluding hydrogens is 302 g/mol. The molecule has 124 valence electrons.